The van der Waals surface area contributed by atoms with Crippen molar-refractivity contribution in [1.29, 1.82) is 0 Å². The van der Waals surface area contributed by atoms with E-state index in [0.717, 1.165) is 0 Å². The number of hydrogen-bond donors (Lipinski definition) is 0. The summed E-state index contributed by atoms with van der Waals surface area (Å²) >= 11 is 0. The first-order valence-electron chi connectivity index (χ1n) is 2.73. The third-order valence-corrected chi connectivity index (χ3v) is 1.10. The van der Waals surface area contributed by atoms with Gasteiger partial charge in [0.1, 0.15) is 6.07 Å². The molecule has 0 aliphatic carbocycles. The molecule has 0 spiro atoms. The molecule has 0 saturated carbocycles. The molecule has 0 atom stereocenters. The maximum absolute atomic E-state index is 12.3. The van der Waals surface area contributed by atoms with Gasteiger partial charge in [0, 0.05) is 0 Å². The molecule has 3 nitrogen and oxygen atoms in total. The van der Waals surface area contributed by atoms with Crippen LogP contribution in [0.15, 0.2) is 6.07 Å². The predicted octanol–water partition coefficient (Wildman–Crippen LogP) is 1.81. The topological polar surface area (TPSA) is 43.1 Å². The minimum absolute atomic E-state index is 0.262. The molecule has 0 fully saturated rings. The van der Waals surface area contributed by atoms with E-state index in [4.69, 9.17) is 0 Å². The molecule has 1 rings (SSSR count). The summed E-state index contributed by atoms with van der Waals surface area (Å²) in [6.45, 7) is 0. The Balaban J connectivity index is 3.31. The highest BCUT2D eigenvalue weighted by atomic mass is 19.2. The van der Waals surface area contributed by atoms with Gasteiger partial charge >= 0.3 is 0 Å². The molecule has 0 aliphatic rings. The number of nitrogens with zero attached hydrogens (tertiary/aromatic N) is 1. The number of nitro benzene ring substituents is 1. The number of nitro groups is 1. The Hall–Kier alpha value is -1.59. The van der Waals surface area contributed by atoms with E-state index in [-0.39, 0.29) is 6.07 Å². The quantitative estimate of drug-likeness (QED) is 0.372. The molecule has 63 valence electrons. The van der Waals surface area contributed by atoms with Crippen LogP contribution in [0.5, 0.6) is 0 Å². The molecule has 0 aliphatic heterocycles. The minimum atomic E-state index is -1.76. The van der Waals surface area contributed by atoms with Crippen molar-refractivity contribution in [2.45, 2.75) is 0 Å². The highest BCUT2D eigenvalue weighted by Crippen LogP contribution is 2.17. The van der Waals surface area contributed by atoms with Crippen LogP contribution in [0.2, 0.25) is 0 Å². The van der Waals surface area contributed by atoms with E-state index in [1.54, 1.807) is 0 Å². The number of rotatable bonds is 1. The zero-order chi connectivity index (χ0) is 9.30. The number of non-ortho nitro benzene ring substituents is 1. The van der Waals surface area contributed by atoms with Gasteiger partial charge in [-0.25, -0.2) is 13.2 Å². The Morgan fingerprint density at radius 2 is 2.00 bits per heavy atom. The first-order chi connectivity index (χ1) is 5.52. The van der Waals surface area contributed by atoms with Gasteiger partial charge in [0.05, 0.1) is 11.0 Å². The summed E-state index contributed by atoms with van der Waals surface area (Å²) < 4.78 is 36.7. The van der Waals surface area contributed by atoms with Crippen molar-refractivity contribution in [2.75, 3.05) is 0 Å². The lowest BCUT2D eigenvalue weighted by Crippen LogP contribution is -1.95. The molecule has 0 heterocycles. The zero-order valence-corrected chi connectivity index (χ0v) is 5.47. The molecule has 6 heteroatoms. The first-order valence-corrected chi connectivity index (χ1v) is 2.73. The van der Waals surface area contributed by atoms with E-state index in [1.165, 1.54) is 6.07 Å². The van der Waals surface area contributed by atoms with E-state index in [1.807, 2.05) is 0 Å². The van der Waals surface area contributed by atoms with Crippen LogP contribution in [0.25, 0.3) is 0 Å². The second-order valence-electron chi connectivity index (χ2n) is 1.89. The maximum Gasteiger partial charge on any atom is 0.283 e. The van der Waals surface area contributed by atoms with Gasteiger partial charge in [0.15, 0.2) is 17.5 Å². The fourth-order valence-electron chi connectivity index (χ4n) is 0.590. The highest BCUT2D eigenvalue weighted by molar-refractivity contribution is 5.29. The second-order valence-corrected chi connectivity index (χ2v) is 1.89. The SMILES string of the molecule is O=[N+]([O-])c1[c]c(F)c(F)c(F)c1. The van der Waals surface area contributed by atoms with Crippen molar-refractivity contribution in [3.05, 3.63) is 39.7 Å². The third-order valence-electron chi connectivity index (χ3n) is 1.10. The molecular weight excluding hydrogens is 175 g/mol. The van der Waals surface area contributed by atoms with Gasteiger partial charge in [-0.2, -0.15) is 0 Å². The molecular formula is C6HF3NO2. The van der Waals surface area contributed by atoms with Crippen LogP contribution in [-0.4, -0.2) is 4.92 Å². The molecule has 0 saturated heterocycles. The van der Waals surface area contributed by atoms with Crippen LogP contribution >= 0.6 is 0 Å². The molecule has 0 unspecified atom stereocenters. The number of halogens is 3. The van der Waals surface area contributed by atoms with E-state index in [9.17, 15) is 23.3 Å². The fourth-order valence-corrected chi connectivity index (χ4v) is 0.590. The molecule has 0 bridgehead atoms. The Kier molecular flexibility index (Phi) is 1.99. The van der Waals surface area contributed by atoms with Crippen molar-refractivity contribution in [2.24, 2.45) is 0 Å². The summed E-state index contributed by atoms with van der Waals surface area (Å²) in [6, 6.07) is 1.70. The lowest BCUT2D eigenvalue weighted by Gasteiger charge is -1.93. The van der Waals surface area contributed by atoms with Crippen LogP contribution < -0.4 is 0 Å². The summed E-state index contributed by atoms with van der Waals surface area (Å²) in [6.07, 6.45) is 0. The van der Waals surface area contributed by atoms with Gasteiger partial charge in [0.2, 0.25) is 0 Å². The van der Waals surface area contributed by atoms with Gasteiger partial charge in [-0.1, -0.05) is 0 Å². The zero-order valence-electron chi connectivity index (χ0n) is 5.47. The summed E-state index contributed by atoms with van der Waals surface area (Å²) in [7, 11) is 0. The smallest absolute Gasteiger partial charge is 0.258 e. The average Bonchev–Trinajstić information content (AvgIpc) is 1.99. The third kappa shape index (κ3) is 1.36. The Morgan fingerprint density at radius 1 is 1.42 bits per heavy atom. The molecule has 1 aromatic rings. The van der Waals surface area contributed by atoms with Crippen molar-refractivity contribution in [3.63, 3.8) is 0 Å². The minimum Gasteiger partial charge on any atom is -0.258 e. The van der Waals surface area contributed by atoms with Crippen molar-refractivity contribution < 1.29 is 18.1 Å². The van der Waals surface area contributed by atoms with Crippen LogP contribution in [0.4, 0.5) is 18.9 Å². The van der Waals surface area contributed by atoms with E-state index in [2.05, 4.69) is 0 Å². The lowest BCUT2D eigenvalue weighted by molar-refractivity contribution is -0.385. The average molecular weight is 176 g/mol. The summed E-state index contributed by atoms with van der Waals surface area (Å²) in [5.74, 6) is -5.06. The molecule has 12 heavy (non-hydrogen) atoms. The molecule has 0 aromatic heterocycles. The van der Waals surface area contributed by atoms with Crippen LogP contribution in [0.1, 0.15) is 0 Å². The lowest BCUT2D eigenvalue weighted by atomic mass is 10.3. The Morgan fingerprint density at radius 3 is 2.42 bits per heavy atom. The van der Waals surface area contributed by atoms with Gasteiger partial charge < -0.3 is 0 Å². The van der Waals surface area contributed by atoms with Crippen molar-refractivity contribution >= 4 is 5.69 Å². The van der Waals surface area contributed by atoms with Crippen LogP contribution in [0.3, 0.4) is 0 Å². The Bertz CT molecular complexity index is 317. The van der Waals surface area contributed by atoms with Gasteiger partial charge in [-0.15, -0.1) is 0 Å². The number of hydrogen-bond acceptors (Lipinski definition) is 2. The van der Waals surface area contributed by atoms with E-state index >= 15 is 0 Å². The molecule has 0 N–H and O–H groups in total. The molecule has 0 amide bonds. The van der Waals surface area contributed by atoms with Crippen LogP contribution in [0, 0.1) is 33.6 Å². The van der Waals surface area contributed by atoms with Gasteiger partial charge in [-0.05, 0) is 0 Å². The molecule has 1 aromatic carbocycles. The second kappa shape index (κ2) is 2.80. The molecule has 1 radical (unpaired) electrons. The van der Waals surface area contributed by atoms with E-state index < -0.39 is 28.1 Å². The Labute approximate surface area is 64.6 Å². The predicted molar refractivity (Wildman–Crippen MR) is 31.8 cm³/mol. The van der Waals surface area contributed by atoms with Crippen molar-refractivity contribution in [1.82, 2.24) is 0 Å². The summed E-state index contributed by atoms with van der Waals surface area (Å²) in [5.41, 5.74) is -0.939. The number of benzene rings is 1. The van der Waals surface area contributed by atoms with Crippen LogP contribution in [-0.2, 0) is 0 Å². The maximum atomic E-state index is 12.3. The summed E-state index contributed by atoms with van der Waals surface area (Å²) in [4.78, 5) is 8.87. The van der Waals surface area contributed by atoms with Gasteiger partial charge in [0.25, 0.3) is 5.69 Å². The largest absolute Gasteiger partial charge is 0.283 e. The van der Waals surface area contributed by atoms with E-state index in [0.29, 0.717) is 0 Å². The normalized spacial score (nSPS) is 9.92. The summed E-state index contributed by atoms with van der Waals surface area (Å²) in [5, 5.41) is 9.94. The van der Waals surface area contributed by atoms with Gasteiger partial charge in [-0.3, -0.25) is 10.1 Å². The highest BCUT2D eigenvalue weighted by Gasteiger charge is 2.16. The van der Waals surface area contributed by atoms with Crippen molar-refractivity contribution in [3.8, 4) is 0 Å². The standard InChI is InChI=1S/C6HF3NO2/c7-4-1-3(10(11)12)2-5(8)6(4)9/h1H. The first kappa shape index (κ1) is 8.51. The fraction of sp³-hybridized carbons (Fsp3) is 0. The monoisotopic (exact) mass is 176 g/mol.